The standard InChI is InChI=1S/C52H35NOS2/c1-56(2)48-17-8-7-15-41(48)42-26-23-37(31-49(42)56)53(35-21-18-34(19-22-35)39-16-9-12-32-10-3-5-13-38(32)39)36-24-27-43-47(30-36)55-46-29-28-45-50(51(43)46)44-25-20-33-11-4-6-14-40(33)52(44)54-45/h3-31H,1-2H3. The zero-order chi connectivity index (χ0) is 37.1. The molecule has 56 heavy (non-hydrogen) atoms. The Hall–Kier alpha value is -6.33. The van der Waals surface area contributed by atoms with E-state index >= 15 is 0 Å². The monoisotopic (exact) mass is 753 g/mol. The van der Waals surface area contributed by atoms with Crippen molar-refractivity contribution in [3.63, 3.8) is 0 Å². The number of rotatable bonds is 4. The van der Waals surface area contributed by atoms with Crippen molar-refractivity contribution in [2.75, 3.05) is 17.4 Å². The van der Waals surface area contributed by atoms with Crippen LogP contribution in [0.1, 0.15) is 0 Å². The third-order valence-corrected chi connectivity index (χ3v) is 15.9. The lowest BCUT2D eigenvalue weighted by molar-refractivity contribution is 0.673. The molecule has 0 saturated carbocycles. The highest BCUT2D eigenvalue weighted by atomic mass is 32.3. The topological polar surface area (TPSA) is 16.4 Å². The summed E-state index contributed by atoms with van der Waals surface area (Å²) < 4.78 is 9.14. The van der Waals surface area contributed by atoms with Gasteiger partial charge in [0.05, 0.1) is 0 Å². The van der Waals surface area contributed by atoms with Crippen LogP contribution in [0.5, 0.6) is 0 Å². The van der Waals surface area contributed by atoms with Gasteiger partial charge in [0.1, 0.15) is 11.2 Å². The third kappa shape index (κ3) is 4.57. The smallest absolute Gasteiger partial charge is 0.143 e. The Morgan fingerprint density at radius 2 is 1.11 bits per heavy atom. The van der Waals surface area contributed by atoms with Crippen LogP contribution in [-0.2, 0) is 0 Å². The Kier molecular flexibility index (Phi) is 6.76. The minimum atomic E-state index is -1.18. The van der Waals surface area contributed by atoms with Crippen molar-refractivity contribution in [1.29, 1.82) is 0 Å². The second kappa shape index (κ2) is 11.8. The average Bonchev–Trinajstić information content (AvgIpc) is 3.88. The Morgan fingerprint density at radius 3 is 1.98 bits per heavy atom. The van der Waals surface area contributed by atoms with Crippen LogP contribution in [0.2, 0.25) is 0 Å². The predicted molar refractivity (Wildman–Crippen MR) is 243 cm³/mol. The van der Waals surface area contributed by atoms with Crippen LogP contribution in [-0.4, -0.2) is 12.5 Å². The summed E-state index contributed by atoms with van der Waals surface area (Å²) in [7, 11) is -1.18. The molecule has 9 aromatic carbocycles. The van der Waals surface area contributed by atoms with E-state index < -0.39 is 10.0 Å². The first-order valence-corrected chi connectivity index (χ1v) is 22.3. The van der Waals surface area contributed by atoms with Gasteiger partial charge in [0.2, 0.25) is 0 Å². The molecule has 0 fully saturated rings. The van der Waals surface area contributed by atoms with E-state index in [1.807, 2.05) is 11.3 Å². The second-order valence-electron chi connectivity index (χ2n) is 15.3. The highest BCUT2D eigenvalue weighted by molar-refractivity contribution is 8.33. The first-order chi connectivity index (χ1) is 27.5. The molecule has 0 N–H and O–H groups in total. The molecule has 0 saturated heterocycles. The Bertz CT molecular complexity index is 3400. The van der Waals surface area contributed by atoms with E-state index in [-0.39, 0.29) is 0 Å². The van der Waals surface area contributed by atoms with Gasteiger partial charge in [-0.05, 0) is 112 Å². The minimum absolute atomic E-state index is 0.935. The van der Waals surface area contributed by atoms with Gasteiger partial charge in [0, 0.05) is 63.2 Å². The van der Waals surface area contributed by atoms with Crippen LogP contribution in [0.25, 0.3) is 85.9 Å². The first kappa shape index (κ1) is 32.0. The molecule has 0 radical (unpaired) electrons. The first-order valence-electron chi connectivity index (χ1n) is 19.1. The number of thiophene rings is 1. The zero-order valence-electron chi connectivity index (χ0n) is 30.9. The molecular formula is C52H35NOS2. The van der Waals surface area contributed by atoms with Gasteiger partial charge < -0.3 is 9.32 Å². The maximum atomic E-state index is 6.61. The van der Waals surface area contributed by atoms with Gasteiger partial charge in [-0.3, -0.25) is 0 Å². The number of furan rings is 1. The Balaban J connectivity index is 1.05. The minimum Gasteiger partial charge on any atom is -0.455 e. The van der Waals surface area contributed by atoms with Crippen molar-refractivity contribution in [1.82, 2.24) is 0 Å². The van der Waals surface area contributed by atoms with Gasteiger partial charge in [-0.2, -0.15) is 10.0 Å². The number of fused-ring (bicyclic) bond motifs is 13. The van der Waals surface area contributed by atoms with Crippen molar-refractivity contribution in [3.8, 4) is 22.3 Å². The number of nitrogens with zero attached hydrogens (tertiary/aromatic N) is 1. The van der Waals surface area contributed by atoms with Crippen LogP contribution >= 0.6 is 21.4 Å². The van der Waals surface area contributed by atoms with Crippen LogP contribution in [0.4, 0.5) is 17.1 Å². The lowest BCUT2D eigenvalue weighted by Gasteiger charge is -2.31. The van der Waals surface area contributed by atoms with Gasteiger partial charge in [0.15, 0.2) is 0 Å². The highest BCUT2D eigenvalue weighted by Crippen LogP contribution is 2.67. The third-order valence-electron chi connectivity index (χ3n) is 11.9. The molecule has 2 aromatic heterocycles. The molecule has 0 atom stereocenters. The molecule has 0 aliphatic carbocycles. The van der Waals surface area contributed by atoms with Crippen molar-refractivity contribution in [3.05, 3.63) is 176 Å². The van der Waals surface area contributed by atoms with Gasteiger partial charge in [-0.15, -0.1) is 11.3 Å². The number of hydrogen-bond donors (Lipinski definition) is 0. The number of benzene rings is 9. The molecule has 0 amide bonds. The van der Waals surface area contributed by atoms with Crippen LogP contribution in [0, 0.1) is 0 Å². The summed E-state index contributed by atoms with van der Waals surface area (Å²) in [6, 6.07) is 64.9. The maximum Gasteiger partial charge on any atom is 0.143 e. The molecule has 3 heterocycles. The van der Waals surface area contributed by atoms with Gasteiger partial charge >= 0.3 is 0 Å². The molecular weight excluding hydrogens is 719 g/mol. The molecule has 0 unspecified atom stereocenters. The van der Waals surface area contributed by atoms with Crippen molar-refractivity contribution in [2.45, 2.75) is 9.79 Å². The van der Waals surface area contributed by atoms with Crippen molar-refractivity contribution < 1.29 is 4.42 Å². The fourth-order valence-electron chi connectivity index (χ4n) is 9.25. The van der Waals surface area contributed by atoms with E-state index in [0.29, 0.717) is 0 Å². The second-order valence-corrected chi connectivity index (χ2v) is 19.9. The molecule has 266 valence electrons. The fraction of sp³-hybridized carbons (Fsp3) is 0.0385. The molecule has 1 aliphatic rings. The normalized spacial score (nSPS) is 13.9. The van der Waals surface area contributed by atoms with E-state index in [0.717, 1.165) is 27.9 Å². The van der Waals surface area contributed by atoms with Gasteiger partial charge in [-0.1, -0.05) is 115 Å². The molecule has 0 spiro atoms. The SMILES string of the molecule is CS1(C)c2ccccc2-c2ccc(N(c3ccc(-c4cccc5ccccc45)cc3)c3ccc4c(c3)sc3ccc5oc6c7ccccc7ccc6c5c34)cc21. The van der Waals surface area contributed by atoms with Crippen LogP contribution in [0.3, 0.4) is 0 Å². The lowest BCUT2D eigenvalue weighted by Crippen LogP contribution is -2.10. The van der Waals surface area contributed by atoms with Crippen molar-refractivity contribution in [2.24, 2.45) is 0 Å². The van der Waals surface area contributed by atoms with E-state index in [2.05, 4.69) is 193 Å². The average molecular weight is 754 g/mol. The Morgan fingerprint density at radius 1 is 0.446 bits per heavy atom. The zero-order valence-corrected chi connectivity index (χ0v) is 32.5. The summed E-state index contributed by atoms with van der Waals surface area (Å²) in [6.45, 7) is 0. The molecule has 12 rings (SSSR count). The summed E-state index contributed by atoms with van der Waals surface area (Å²) in [5.41, 5.74) is 10.5. The van der Waals surface area contributed by atoms with E-state index in [4.69, 9.17) is 4.42 Å². The predicted octanol–water partition coefficient (Wildman–Crippen LogP) is 15.9. The lowest BCUT2D eigenvalue weighted by atomic mass is 9.98. The van der Waals surface area contributed by atoms with E-state index in [1.54, 1.807) is 0 Å². The molecule has 0 bridgehead atoms. The van der Waals surface area contributed by atoms with Gasteiger partial charge in [0.25, 0.3) is 0 Å². The summed E-state index contributed by atoms with van der Waals surface area (Å²) in [5.74, 6) is 0. The highest BCUT2D eigenvalue weighted by Gasteiger charge is 2.32. The summed E-state index contributed by atoms with van der Waals surface area (Å²) >= 11 is 1.86. The van der Waals surface area contributed by atoms with E-state index in [9.17, 15) is 0 Å². The van der Waals surface area contributed by atoms with Gasteiger partial charge in [-0.25, -0.2) is 0 Å². The summed E-state index contributed by atoms with van der Waals surface area (Å²) in [5, 5.41) is 9.78. The number of hydrogen-bond acceptors (Lipinski definition) is 3. The molecule has 11 aromatic rings. The maximum absolute atomic E-state index is 6.61. The quantitative estimate of drug-likeness (QED) is 0.178. The largest absolute Gasteiger partial charge is 0.455 e. The molecule has 1 aliphatic heterocycles. The summed E-state index contributed by atoms with van der Waals surface area (Å²) in [4.78, 5) is 5.36. The fourth-order valence-corrected chi connectivity index (χ4v) is 12.9. The van der Waals surface area contributed by atoms with Crippen LogP contribution < -0.4 is 4.90 Å². The van der Waals surface area contributed by atoms with Crippen LogP contribution in [0.15, 0.2) is 190 Å². The molecule has 4 heteroatoms. The van der Waals surface area contributed by atoms with Crippen molar-refractivity contribution >= 4 is 102 Å². The number of anilines is 3. The summed E-state index contributed by atoms with van der Waals surface area (Å²) in [6.07, 6.45) is 4.88. The Labute approximate surface area is 330 Å². The molecule has 2 nitrogen and oxygen atoms in total. The van der Waals surface area contributed by atoms with E-state index in [1.165, 1.54) is 84.8 Å².